The van der Waals surface area contributed by atoms with Crippen molar-refractivity contribution in [3.05, 3.63) is 120 Å². The van der Waals surface area contributed by atoms with Gasteiger partial charge in [0, 0.05) is 11.8 Å². The van der Waals surface area contributed by atoms with Gasteiger partial charge in [-0.15, -0.1) is 0 Å². The summed E-state index contributed by atoms with van der Waals surface area (Å²) in [6.45, 7) is -0.119. The highest BCUT2D eigenvalue weighted by Crippen LogP contribution is 2.21. The molecular formula is C27H24N4O4S. The lowest BCUT2D eigenvalue weighted by molar-refractivity contribution is -0.119. The second kappa shape index (κ2) is 11.8. The maximum atomic E-state index is 13.2. The molecule has 36 heavy (non-hydrogen) atoms. The van der Waals surface area contributed by atoms with Crippen LogP contribution in [0, 0.1) is 0 Å². The van der Waals surface area contributed by atoms with Crippen molar-refractivity contribution >= 4 is 28.0 Å². The molecule has 1 N–H and O–H groups in total. The van der Waals surface area contributed by atoms with Crippen LogP contribution in [-0.4, -0.2) is 32.1 Å². The number of amides is 1. The van der Waals surface area contributed by atoms with Crippen LogP contribution in [0.25, 0.3) is 0 Å². The van der Waals surface area contributed by atoms with E-state index in [-0.39, 0.29) is 10.7 Å². The molecule has 0 bridgehead atoms. The second-order valence-electron chi connectivity index (χ2n) is 7.62. The van der Waals surface area contributed by atoms with Crippen LogP contribution in [0.4, 0.5) is 5.82 Å². The largest absolute Gasteiger partial charge is 0.488 e. The summed E-state index contributed by atoms with van der Waals surface area (Å²) in [4.78, 5) is 16.9. The number of hydrogen-bond donors (Lipinski definition) is 1. The van der Waals surface area contributed by atoms with E-state index in [2.05, 4.69) is 15.5 Å². The second-order valence-corrected chi connectivity index (χ2v) is 9.48. The average Bonchev–Trinajstić information content (AvgIpc) is 2.92. The zero-order valence-electron chi connectivity index (χ0n) is 19.3. The third kappa shape index (κ3) is 6.34. The Kier molecular flexibility index (Phi) is 8.05. The first kappa shape index (κ1) is 24.6. The van der Waals surface area contributed by atoms with Crippen LogP contribution in [0.3, 0.4) is 0 Å². The number of anilines is 1. The van der Waals surface area contributed by atoms with Crippen molar-refractivity contribution in [3.63, 3.8) is 0 Å². The Balaban J connectivity index is 1.46. The molecular weight excluding hydrogens is 476 g/mol. The van der Waals surface area contributed by atoms with Crippen molar-refractivity contribution in [2.75, 3.05) is 10.8 Å². The molecule has 182 valence electrons. The summed E-state index contributed by atoms with van der Waals surface area (Å²) in [6.07, 6.45) is 2.92. The van der Waals surface area contributed by atoms with Gasteiger partial charge in [0.15, 0.2) is 0 Å². The quantitative estimate of drug-likeness (QED) is 0.262. The first-order valence-electron chi connectivity index (χ1n) is 11.1. The number of carbonyl (C=O) groups excluding carboxylic acids is 1. The molecule has 8 nitrogen and oxygen atoms in total. The van der Waals surface area contributed by atoms with Crippen molar-refractivity contribution in [1.29, 1.82) is 0 Å². The fourth-order valence-corrected chi connectivity index (χ4v) is 4.70. The van der Waals surface area contributed by atoms with E-state index < -0.39 is 22.5 Å². The maximum absolute atomic E-state index is 13.2. The number of nitrogens with zero attached hydrogens (tertiary/aromatic N) is 3. The van der Waals surface area contributed by atoms with E-state index in [0.717, 1.165) is 9.87 Å². The minimum absolute atomic E-state index is 0.0523. The molecule has 0 aliphatic rings. The summed E-state index contributed by atoms with van der Waals surface area (Å²) in [5, 5.41) is 4.01. The van der Waals surface area contributed by atoms with Gasteiger partial charge in [-0.2, -0.15) is 5.10 Å². The molecule has 0 spiro atoms. The molecule has 3 aromatic carbocycles. The Labute approximate surface area is 209 Å². The molecule has 4 aromatic rings. The number of rotatable bonds is 10. The molecule has 0 fully saturated rings. The number of ether oxygens (including phenoxy) is 1. The summed E-state index contributed by atoms with van der Waals surface area (Å²) in [5.41, 5.74) is 4.08. The van der Waals surface area contributed by atoms with Crippen LogP contribution < -0.4 is 14.5 Å². The standard InChI is InChI=1S/C27H24N4O4S/c32-27(20-31(26-17-9-10-18-28-26)36(33,34)24-14-5-2-6-15-24)30-29-19-23-13-7-8-16-25(23)35-21-22-11-3-1-4-12-22/h1-19H,20-21H2,(H,30,32)/b29-19-. The molecule has 1 heterocycles. The molecule has 0 unspecified atom stereocenters. The van der Waals surface area contributed by atoms with Gasteiger partial charge in [0.1, 0.15) is 24.7 Å². The first-order chi connectivity index (χ1) is 17.5. The molecule has 0 atom stereocenters. The zero-order chi connectivity index (χ0) is 25.2. The minimum atomic E-state index is -4.03. The van der Waals surface area contributed by atoms with Crippen LogP contribution in [0.2, 0.25) is 0 Å². The molecule has 0 aliphatic heterocycles. The molecule has 4 rings (SSSR count). The lowest BCUT2D eigenvalue weighted by Gasteiger charge is -2.22. The monoisotopic (exact) mass is 500 g/mol. The van der Waals surface area contributed by atoms with E-state index in [1.54, 1.807) is 42.5 Å². The van der Waals surface area contributed by atoms with E-state index in [9.17, 15) is 13.2 Å². The Morgan fingerprint density at radius 3 is 2.28 bits per heavy atom. The van der Waals surface area contributed by atoms with Crippen molar-refractivity contribution in [3.8, 4) is 5.75 Å². The fraction of sp³-hybridized carbons (Fsp3) is 0.0741. The fourth-order valence-electron chi connectivity index (χ4n) is 3.30. The normalized spacial score (nSPS) is 11.2. The van der Waals surface area contributed by atoms with Gasteiger partial charge < -0.3 is 4.74 Å². The SMILES string of the molecule is O=C(CN(c1ccccn1)S(=O)(=O)c1ccccc1)N/N=C\c1ccccc1OCc1ccccc1. The molecule has 0 radical (unpaired) electrons. The van der Waals surface area contributed by atoms with Crippen LogP contribution in [0.15, 0.2) is 119 Å². The average molecular weight is 501 g/mol. The van der Waals surface area contributed by atoms with E-state index in [0.29, 0.717) is 17.9 Å². The third-order valence-corrected chi connectivity index (χ3v) is 6.84. The van der Waals surface area contributed by atoms with Crippen LogP contribution in [-0.2, 0) is 21.4 Å². The Bertz CT molecular complexity index is 1410. The lowest BCUT2D eigenvalue weighted by Crippen LogP contribution is -2.40. The summed E-state index contributed by atoms with van der Waals surface area (Å²) in [7, 11) is -4.03. The number of aromatic nitrogens is 1. The maximum Gasteiger partial charge on any atom is 0.265 e. The Morgan fingerprint density at radius 1 is 0.889 bits per heavy atom. The Morgan fingerprint density at radius 2 is 1.56 bits per heavy atom. The van der Waals surface area contributed by atoms with Gasteiger partial charge in [-0.1, -0.05) is 66.7 Å². The van der Waals surface area contributed by atoms with Crippen molar-refractivity contribution < 1.29 is 17.9 Å². The van der Waals surface area contributed by atoms with E-state index in [1.807, 2.05) is 42.5 Å². The third-order valence-electron chi connectivity index (χ3n) is 5.07. The van der Waals surface area contributed by atoms with Gasteiger partial charge in [0.25, 0.3) is 15.9 Å². The van der Waals surface area contributed by atoms with E-state index in [4.69, 9.17) is 4.74 Å². The van der Waals surface area contributed by atoms with Crippen LogP contribution in [0.1, 0.15) is 11.1 Å². The molecule has 0 saturated heterocycles. The van der Waals surface area contributed by atoms with E-state index >= 15 is 0 Å². The highest BCUT2D eigenvalue weighted by Gasteiger charge is 2.27. The smallest absolute Gasteiger partial charge is 0.265 e. The van der Waals surface area contributed by atoms with Gasteiger partial charge in [-0.3, -0.25) is 4.79 Å². The van der Waals surface area contributed by atoms with Crippen molar-refractivity contribution in [2.45, 2.75) is 11.5 Å². The number of hydrazone groups is 1. The number of sulfonamides is 1. The van der Waals surface area contributed by atoms with Crippen molar-refractivity contribution in [1.82, 2.24) is 10.4 Å². The molecule has 1 amide bonds. The molecule has 1 aromatic heterocycles. The van der Waals surface area contributed by atoms with E-state index in [1.165, 1.54) is 30.6 Å². The lowest BCUT2D eigenvalue weighted by atomic mass is 10.2. The summed E-state index contributed by atoms with van der Waals surface area (Å²) in [6, 6.07) is 29.7. The number of carbonyl (C=O) groups is 1. The zero-order valence-corrected chi connectivity index (χ0v) is 20.1. The minimum Gasteiger partial charge on any atom is -0.488 e. The van der Waals surface area contributed by atoms with Gasteiger partial charge in [-0.05, 0) is 42.0 Å². The van der Waals surface area contributed by atoms with Crippen LogP contribution >= 0.6 is 0 Å². The molecule has 0 saturated carbocycles. The first-order valence-corrected chi connectivity index (χ1v) is 12.5. The molecule has 0 aliphatic carbocycles. The predicted octanol–water partition coefficient (Wildman–Crippen LogP) is 4.01. The number of benzene rings is 3. The highest BCUT2D eigenvalue weighted by atomic mass is 32.2. The van der Waals surface area contributed by atoms with Gasteiger partial charge in [-0.25, -0.2) is 23.1 Å². The topological polar surface area (TPSA) is 101 Å². The predicted molar refractivity (Wildman–Crippen MR) is 138 cm³/mol. The highest BCUT2D eigenvalue weighted by molar-refractivity contribution is 7.92. The number of pyridine rings is 1. The van der Waals surface area contributed by atoms with Crippen molar-refractivity contribution in [2.24, 2.45) is 5.10 Å². The van der Waals surface area contributed by atoms with Gasteiger partial charge in [0.05, 0.1) is 11.1 Å². The molecule has 9 heteroatoms. The summed E-state index contributed by atoms with van der Waals surface area (Å²) < 4.78 is 33.3. The Hall–Kier alpha value is -4.50. The van der Waals surface area contributed by atoms with Gasteiger partial charge >= 0.3 is 0 Å². The number of para-hydroxylation sites is 1. The van der Waals surface area contributed by atoms with Crippen LogP contribution in [0.5, 0.6) is 5.75 Å². The van der Waals surface area contributed by atoms with Gasteiger partial charge in [0.2, 0.25) is 0 Å². The number of hydrogen-bond acceptors (Lipinski definition) is 6. The summed E-state index contributed by atoms with van der Waals surface area (Å²) in [5.74, 6) is 0.0975. The summed E-state index contributed by atoms with van der Waals surface area (Å²) >= 11 is 0. The number of nitrogens with one attached hydrogen (secondary N) is 1.